The molecule has 0 radical (unpaired) electrons. The lowest BCUT2D eigenvalue weighted by molar-refractivity contribution is 0.0480. The maximum atomic E-state index is 9.98. The molecule has 0 bridgehead atoms. The Labute approximate surface area is 111 Å². The van der Waals surface area contributed by atoms with Crippen molar-refractivity contribution in [3.63, 3.8) is 0 Å². The first-order valence-electron chi connectivity index (χ1n) is 6.65. The maximum absolute atomic E-state index is 9.98. The number of pyridine rings is 1. The highest BCUT2D eigenvalue weighted by molar-refractivity contribution is 5.09. The van der Waals surface area contributed by atoms with Gasteiger partial charge in [-0.05, 0) is 43.0 Å². The van der Waals surface area contributed by atoms with Crippen molar-refractivity contribution in [2.45, 2.75) is 39.7 Å². The number of nitrogens with zero attached hydrogens (tertiary/aromatic N) is 2. The summed E-state index contributed by atoms with van der Waals surface area (Å²) in [6.07, 6.45) is 5.29. The molecule has 0 aromatic carbocycles. The molecule has 3 nitrogen and oxygen atoms in total. The molecule has 18 heavy (non-hydrogen) atoms. The minimum Gasteiger partial charge on any atom is -0.393 e. The highest BCUT2D eigenvalue weighted by atomic mass is 16.3. The van der Waals surface area contributed by atoms with Crippen LogP contribution in [0.1, 0.15) is 32.8 Å². The highest BCUT2D eigenvalue weighted by Gasteiger charge is 2.21. The Bertz CT molecular complexity index is 332. The summed E-state index contributed by atoms with van der Waals surface area (Å²) >= 11 is 0. The third-order valence-electron chi connectivity index (χ3n) is 3.32. The molecular formula is C15H26N2O. The summed E-state index contributed by atoms with van der Waals surface area (Å²) in [7, 11) is 2.11. The molecule has 1 aromatic heterocycles. The topological polar surface area (TPSA) is 36.4 Å². The number of likely N-dealkylation sites (N-methyl/N-ethyl adjacent to an activating group) is 1. The van der Waals surface area contributed by atoms with Crippen LogP contribution in [0.2, 0.25) is 0 Å². The van der Waals surface area contributed by atoms with Gasteiger partial charge in [-0.3, -0.25) is 4.98 Å². The van der Waals surface area contributed by atoms with Crippen LogP contribution < -0.4 is 0 Å². The molecule has 0 aliphatic carbocycles. The van der Waals surface area contributed by atoms with Crippen LogP contribution in [-0.2, 0) is 6.42 Å². The highest BCUT2D eigenvalue weighted by Crippen LogP contribution is 2.21. The van der Waals surface area contributed by atoms with Gasteiger partial charge < -0.3 is 10.0 Å². The summed E-state index contributed by atoms with van der Waals surface area (Å²) in [5.41, 5.74) is 1.29. The lowest BCUT2D eigenvalue weighted by atomic mass is 9.87. The van der Waals surface area contributed by atoms with E-state index in [0.717, 1.165) is 25.9 Å². The molecule has 0 amide bonds. The van der Waals surface area contributed by atoms with Crippen LogP contribution in [0.25, 0.3) is 0 Å². The van der Waals surface area contributed by atoms with Crippen molar-refractivity contribution in [2.24, 2.45) is 5.41 Å². The molecule has 0 aliphatic rings. The van der Waals surface area contributed by atoms with Gasteiger partial charge in [0.15, 0.2) is 0 Å². The van der Waals surface area contributed by atoms with Crippen molar-refractivity contribution < 1.29 is 5.11 Å². The molecule has 0 spiro atoms. The van der Waals surface area contributed by atoms with Crippen molar-refractivity contribution >= 4 is 0 Å². The van der Waals surface area contributed by atoms with Crippen LogP contribution in [0.15, 0.2) is 24.5 Å². The zero-order valence-electron chi connectivity index (χ0n) is 12.1. The van der Waals surface area contributed by atoms with Crippen molar-refractivity contribution in [1.29, 1.82) is 0 Å². The lowest BCUT2D eigenvalue weighted by Crippen LogP contribution is -2.31. The van der Waals surface area contributed by atoms with Gasteiger partial charge in [-0.15, -0.1) is 0 Å². The SMILES string of the molecule is CN(CCc1ccncc1)CCC(O)C(C)(C)C. The molecule has 0 fully saturated rings. The van der Waals surface area contributed by atoms with E-state index >= 15 is 0 Å². The molecule has 1 heterocycles. The van der Waals surface area contributed by atoms with E-state index in [1.807, 2.05) is 12.4 Å². The van der Waals surface area contributed by atoms with Gasteiger partial charge in [0.25, 0.3) is 0 Å². The van der Waals surface area contributed by atoms with E-state index in [4.69, 9.17) is 0 Å². The average molecular weight is 250 g/mol. The third-order valence-corrected chi connectivity index (χ3v) is 3.32. The van der Waals surface area contributed by atoms with E-state index < -0.39 is 0 Å². The zero-order valence-corrected chi connectivity index (χ0v) is 12.1. The second kappa shape index (κ2) is 6.86. The van der Waals surface area contributed by atoms with Gasteiger partial charge in [0, 0.05) is 25.5 Å². The fourth-order valence-electron chi connectivity index (χ4n) is 1.76. The molecule has 1 N–H and O–H groups in total. The molecule has 0 saturated heterocycles. The first-order valence-corrected chi connectivity index (χ1v) is 6.65. The second-order valence-electron chi connectivity index (χ2n) is 6.08. The Kier molecular flexibility index (Phi) is 5.76. The number of aliphatic hydroxyl groups excluding tert-OH is 1. The molecule has 3 heteroatoms. The maximum Gasteiger partial charge on any atom is 0.0600 e. The van der Waals surface area contributed by atoms with E-state index in [1.165, 1.54) is 5.56 Å². The van der Waals surface area contributed by atoms with Crippen molar-refractivity contribution in [3.05, 3.63) is 30.1 Å². The van der Waals surface area contributed by atoms with Crippen molar-refractivity contribution in [1.82, 2.24) is 9.88 Å². The number of aliphatic hydroxyl groups is 1. The summed E-state index contributed by atoms with van der Waals surface area (Å²) in [5.74, 6) is 0. The zero-order chi connectivity index (χ0) is 13.6. The molecule has 1 atom stereocenters. The van der Waals surface area contributed by atoms with E-state index in [0.29, 0.717) is 0 Å². The number of hydrogen-bond donors (Lipinski definition) is 1. The third kappa shape index (κ3) is 5.61. The van der Waals surface area contributed by atoms with Crippen LogP contribution in [-0.4, -0.2) is 41.2 Å². The smallest absolute Gasteiger partial charge is 0.0600 e. The van der Waals surface area contributed by atoms with E-state index in [2.05, 4.69) is 49.8 Å². The standard InChI is InChI=1S/C15H26N2O/c1-15(2,3)14(18)8-12-17(4)11-7-13-5-9-16-10-6-13/h5-6,9-10,14,18H,7-8,11-12H2,1-4H3. The van der Waals surface area contributed by atoms with Gasteiger partial charge in [0.05, 0.1) is 6.10 Å². The molecule has 0 saturated carbocycles. The molecular weight excluding hydrogens is 224 g/mol. The summed E-state index contributed by atoms with van der Waals surface area (Å²) in [4.78, 5) is 6.29. The van der Waals surface area contributed by atoms with Gasteiger partial charge in [-0.1, -0.05) is 20.8 Å². The van der Waals surface area contributed by atoms with Crippen LogP contribution >= 0.6 is 0 Å². The van der Waals surface area contributed by atoms with Crippen molar-refractivity contribution in [3.8, 4) is 0 Å². The van der Waals surface area contributed by atoms with Crippen LogP contribution in [0.5, 0.6) is 0 Å². The van der Waals surface area contributed by atoms with Gasteiger partial charge in [0.2, 0.25) is 0 Å². The minimum absolute atomic E-state index is 0.0219. The molecule has 1 aromatic rings. The quantitative estimate of drug-likeness (QED) is 0.842. The normalized spacial score (nSPS) is 13.9. The van der Waals surface area contributed by atoms with Crippen LogP contribution in [0.4, 0.5) is 0 Å². The second-order valence-corrected chi connectivity index (χ2v) is 6.08. The predicted molar refractivity (Wildman–Crippen MR) is 75.5 cm³/mol. The van der Waals surface area contributed by atoms with Gasteiger partial charge in [-0.2, -0.15) is 0 Å². The minimum atomic E-state index is -0.235. The fraction of sp³-hybridized carbons (Fsp3) is 0.667. The first-order chi connectivity index (χ1) is 8.39. The Morgan fingerprint density at radius 3 is 2.39 bits per heavy atom. The predicted octanol–water partition coefficient (Wildman–Crippen LogP) is 2.35. The largest absolute Gasteiger partial charge is 0.393 e. The summed E-state index contributed by atoms with van der Waals surface area (Å²) in [5, 5.41) is 9.98. The summed E-state index contributed by atoms with van der Waals surface area (Å²) in [6.45, 7) is 8.18. The van der Waals surface area contributed by atoms with Gasteiger partial charge in [-0.25, -0.2) is 0 Å². The number of rotatable bonds is 6. The Balaban J connectivity index is 2.24. The van der Waals surface area contributed by atoms with Gasteiger partial charge >= 0.3 is 0 Å². The lowest BCUT2D eigenvalue weighted by Gasteiger charge is -2.27. The van der Waals surface area contributed by atoms with E-state index in [9.17, 15) is 5.11 Å². The summed E-state index contributed by atoms with van der Waals surface area (Å²) in [6, 6.07) is 4.11. The van der Waals surface area contributed by atoms with Crippen molar-refractivity contribution in [2.75, 3.05) is 20.1 Å². The summed E-state index contributed by atoms with van der Waals surface area (Å²) < 4.78 is 0. The molecule has 0 aliphatic heterocycles. The number of aromatic nitrogens is 1. The first kappa shape index (κ1) is 15.1. The molecule has 1 unspecified atom stereocenters. The van der Waals surface area contributed by atoms with Crippen LogP contribution in [0.3, 0.4) is 0 Å². The fourth-order valence-corrected chi connectivity index (χ4v) is 1.76. The Hall–Kier alpha value is -0.930. The Morgan fingerprint density at radius 2 is 1.83 bits per heavy atom. The van der Waals surface area contributed by atoms with Crippen LogP contribution in [0, 0.1) is 5.41 Å². The Morgan fingerprint density at radius 1 is 1.22 bits per heavy atom. The van der Waals surface area contributed by atoms with E-state index in [-0.39, 0.29) is 11.5 Å². The molecule has 102 valence electrons. The average Bonchev–Trinajstić information content (AvgIpc) is 2.33. The van der Waals surface area contributed by atoms with Gasteiger partial charge in [0.1, 0.15) is 0 Å². The number of hydrogen-bond acceptors (Lipinski definition) is 3. The van der Waals surface area contributed by atoms with E-state index in [1.54, 1.807) is 0 Å². The monoisotopic (exact) mass is 250 g/mol. The molecule has 1 rings (SSSR count).